The first-order valence-electron chi connectivity index (χ1n) is 5.51. The lowest BCUT2D eigenvalue weighted by molar-refractivity contribution is 0.635. The number of benzene rings is 1. The molecule has 0 aliphatic heterocycles. The van der Waals surface area contributed by atoms with Gasteiger partial charge in [-0.05, 0) is 31.0 Å². The topological polar surface area (TPSA) is 38.0 Å². The largest absolute Gasteiger partial charge is 0.271 e. The molecular weight excluding hydrogens is 287 g/mol. The van der Waals surface area contributed by atoms with Gasteiger partial charge in [-0.25, -0.2) is 5.43 Å². The molecule has 5 heteroatoms. The minimum atomic E-state index is -0.138. The second-order valence-corrected chi connectivity index (χ2v) is 6.52. The first-order valence-corrected chi connectivity index (χ1v) is 7.08. The van der Waals surface area contributed by atoms with Gasteiger partial charge in [0.25, 0.3) is 0 Å². The standard InChI is InChI=1S/C13H14Cl2N2S/c1-7-3-4-8(2)9(5-7)12(17-16)10-6-11(14)18-13(10)15/h3-6,12,17H,16H2,1-2H3. The van der Waals surface area contributed by atoms with Gasteiger partial charge >= 0.3 is 0 Å². The Morgan fingerprint density at radius 2 is 1.89 bits per heavy atom. The van der Waals surface area contributed by atoms with Crippen LogP contribution in [0.25, 0.3) is 0 Å². The van der Waals surface area contributed by atoms with Crippen LogP contribution in [0.2, 0.25) is 8.67 Å². The van der Waals surface area contributed by atoms with Gasteiger partial charge in [0.05, 0.1) is 14.7 Å². The summed E-state index contributed by atoms with van der Waals surface area (Å²) in [7, 11) is 0. The summed E-state index contributed by atoms with van der Waals surface area (Å²) in [5, 5.41) is 0. The van der Waals surface area contributed by atoms with E-state index in [0.717, 1.165) is 11.1 Å². The number of aryl methyl sites for hydroxylation is 2. The molecule has 0 aliphatic rings. The van der Waals surface area contributed by atoms with Crippen molar-refractivity contribution in [2.45, 2.75) is 19.9 Å². The van der Waals surface area contributed by atoms with Crippen molar-refractivity contribution in [3.63, 3.8) is 0 Å². The van der Waals surface area contributed by atoms with Crippen LogP contribution in [0.3, 0.4) is 0 Å². The Hall–Kier alpha value is -0.580. The van der Waals surface area contributed by atoms with Crippen molar-refractivity contribution in [3.8, 4) is 0 Å². The van der Waals surface area contributed by atoms with Crippen LogP contribution in [0.5, 0.6) is 0 Å². The quantitative estimate of drug-likeness (QED) is 0.658. The van der Waals surface area contributed by atoms with Gasteiger partial charge in [-0.3, -0.25) is 5.84 Å². The average molecular weight is 301 g/mol. The van der Waals surface area contributed by atoms with E-state index in [1.807, 2.05) is 6.07 Å². The molecule has 1 heterocycles. The van der Waals surface area contributed by atoms with E-state index >= 15 is 0 Å². The smallest absolute Gasteiger partial charge is 0.0995 e. The Kier molecular flexibility index (Phi) is 4.30. The van der Waals surface area contributed by atoms with E-state index in [4.69, 9.17) is 29.0 Å². The molecule has 0 amide bonds. The lowest BCUT2D eigenvalue weighted by Gasteiger charge is -2.18. The third-order valence-corrected chi connectivity index (χ3v) is 4.42. The average Bonchev–Trinajstić information content (AvgIpc) is 2.64. The molecule has 2 aromatic rings. The zero-order valence-corrected chi connectivity index (χ0v) is 12.5. The zero-order chi connectivity index (χ0) is 13.3. The Morgan fingerprint density at radius 1 is 1.17 bits per heavy atom. The number of nitrogens with two attached hydrogens (primary N) is 1. The summed E-state index contributed by atoms with van der Waals surface area (Å²) in [6, 6.07) is 8.00. The summed E-state index contributed by atoms with van der Waals surface area (Å²) in [4.78, 5) is 0. The van der Waals surface area contributed by atoms with Crippen molar-refractivity contribution in [2.24, 2.45) is 5.84 Å². The maximum Gasteiger partial charge on any atom is 0.0995 e. The summed E-state index contributed by atoms with van der Waals surface area (Å²) < 4.78 is 1.34. The van der Waals surface area contributed by atoms with Crippen LogP contribution in [0, 0.1) is 13.8 Å². The van der Waals surface area contributed by atoms with Crippen LogP contribution < -0.4 is 11.3 Å². The van der Waals surface area contributed by atoms with Gasteiger partial charge < -0.3 is 0 Å². The Balaban J connectivity index is 2.51. The highest BCUT2D eigenvalue weighted by Crippen LogP contribution is 2.38. The van der Waals surface area contributed by atoms with E-state index in [2.05, 4.69) is 37.5 Å². The highest BCUT2D eigenvalue weighted by atomic mass is 35.5. The van der Waals surface area contributed by atoms with Crippen LogP contribution in [-0.4, -0.2) is 0 Å². The molecule has 2 rings (SSSR count). The third kappa shape index (κ3) is 2.71. The Bertz CT molecular complexity index is 566. The highest BCUT2D eigenvalue weighted by Gasteiger charge is 2.20. The lowest BCUT2D eigenvalue weighted by atomic mass is 9.95. The summed E-state index contributed by atoms with van der Waals surface area (Å²) in [6.07, 6.45) is 0. The fourth-order valence-corrected chi connectivity index (χ4v) is 3.50. The van der Waals surface area contributed by atoms with Crippen molar-refractivity contribution in [3.05, 3.63) is 55.2 Å². The molecule has 0 fully saturated rings. The fourth-order valence-electron chi connectivity index (χ4n) is 1.97. The van der Waals surface area contributed by atoms with E-state index in [1.54, 1.807) is 0 Å². The van der Waals surface area contributed by atoms with Gasteiger partial charge in [-0.15, -0.1) is 11.3 Å². The molecule has 0 bridgehead atoms. The van der Waals surface area contributed by atoms with Crippen molar-refractivity contribution in [1.82, 2.24) is 5.43 Å². The first kappa shape index (κ1) is 13.8. The minimum Gasteiger partial charge on any atom is -0.271 e. The van der Waals surface area contributed by atoms with Crippen molar-refractivity contribution >= 4 is 34.5 Å². The molecule has 1 aromatic heterocycles. The SMILES string of the molecule is Cc1ccc(C)c(C(NN)c2cc(Cl)sc2Cl)c1. The van der Waals surface area contributed by atoms with Gasteiger partial charge in [-0.2, -0.15) is 0 Å². The van der Waals surface area contributed by atoms with E-state index in [9.17, 15) is 0 Å². The molecule has 1 unspecified atom stereocenters. The number of halogens is 2. The number of hydrogen-bond donors (Lipinski definition) is 2. The Labute approximate surface area is 121 Å². The van der Waals surface area contributed by atoms with Crippen molar-refractivity contribution in [2.75, 3.05) is 0 Å². The van der Waals surface area contributed by atoms with Gasteiger partial charge in [-0.1, -0.05) is 47.0 Å². The van der Waals surface area contributed by atoms with Gasteiger partial charge in [0.15, 0.2) is 0 Å². The summed E-state index contributed by atoms with van der Waals surface area (Å²) >= 11 is 13.5. The second-order valence-electron chi connectivity index (χ2n) is 4.24. The summed E-state index contributed by atoms with van der Waals surface area (Å²) in [5.74, 6) is 5.69. The summed E-state index contributed by atoms with van der Waals surface area (Å²) in [5.41, 5.74) is 7.22. The van der Waals surface area contributed by atoms with Gasteiger partial charge in [0.2, 0.25) is 0 Å². The number of hydrazine groups is 1. The van der Waals surface area contributed by atoms with Crippen LogP contribution in [0.15, 0.2) is 24.3 Å². The molecule has 0 aliphatic carbocycles. The Morgan fingerprint density at radius 3 is 2.44 bits per heavy atom. The second kappa shape index (κ2) is 5.59. The number of nitrogens with one attached hydrogen (secondary N) is 1. The van der Waals surface area contributed by atoms with E-state index < -0.39 is 0 Å². The maximum absolute atomic E-state index is 6.20. The van der Waals surface area contributed by atoms with Gasteiger partial charge in [0, 0.05) is 5.56 Å². The molecule has 96 valence electrons. The fraction of sp³-hybridized carbons (Fsp3) is 0.231. The molecule has 18 heavy (non-hydrogen) atoms. The van der Waals surface area contributed by atoms with Crippen LogP contribution >= 0.6 is 34.5 Å². The number of hydrogen-bond acceptors (Lipinski definition) is 3. The predicted molar refractivity (Wildman–Crippen MR) is 79.4 cm³/mol. The van der Waals surface area contributed by atoms with Crippen LogP contribution in [0.4, 0.5) is 0 Å². The van der Waals surface area contributed by atoms with E-state index in [-0.39, 0.29) is 6.04 Å². The monoisotopic (exact) mass is 300 g/mol. The van der Waals surface area contributed by atoms with Crippen LogP contribution in [-0.2, 0) is 0 Å². The molecule has 3 N–H and O–H groups in total. The van der Waals surface area contributed by atoms with Crippen molar-refractivity contribution < 1.29 is 0 Å². The van der Waals surface area contributed by atoms with Gasteiger partial charge in [0.1, 0.15) is 0 Å². The van der Waals surface area contributed by atoms with Crippen LogP contribution in [0.1, 0.15) is 28.3 Å². The molecule has 0 radical (unpaired) electrons. The number of rotatable bonds is 3. The normalized spacial score (nSPS) is 12.7. The highest BCUT2D eigenvalue weighted by molar-refractivity contribution is 7.20. The third-order valence-electron chi connectivity index (χ3n) is 2.91. The molecular formula is C13H14Cl2N2S. The number of thiophene rings is 1. The molecule has 2 nitrogen and oxygen atoms in total. The molecule has 1 atom stereocenters. The zero-order valence-electron chi connectivity index (χ0n) is 10.1. The summed E-state index contributed by atoms with van der Waals surface area (Å²) in [6.45, 7) is 4.11. The van der Waals surface area contributed by atoms with E-state index in [1.165, 1.54) is 22.5 Å². The first-order chi connectivity index (χ1) is 8.52. The minimum absolute atomic E-state index is 0.138. The lowest BCUT2D eigenvalue weighted by Crippen LogP contribution is -2.29. The molecule has 1 aromatic carbocycles. The predicted octanol–water partition coefficient (Wildman–Crippen LogP) is 4.22. The molecule has 0 spiro atoms. The molecule has 0 saturated heterocycles. The van der Waals surface area contributed by atoms with E-state index in [0.29, 0.717) is 8.67 Å². The molecule has 0 saturated carbocycles. The maximum atomic E-state index is 6.20. The van der Waals surface area contributed by atoms with Crippen molar-refractivity contribution in [1.29, 1.82) is 0 Å².